The number of pyridine rings is 1. The Morgan fingerprint density at radius 3 is 1.78 bits per heavy atom. The van der Waals surface area contributed by atoms with Gasteiger partial charge in [0.1, 0.15) is 5.65 Å². The fourth-order valence-electron chi connectivity index (χ4n) is 9.71. The van der Waals surface area contributed by atoms with E-state index in [-0.39, 0.29) is 0 Å². The molecule has 4 aliphatic carbocycles. The van der Waals surface area contributed by atoms with Gasteiger partial charge in [0.25, 0.3) is 0 Å². The van der Waals surface area contributed by atoms with Crippen LogP contribution in [0.15, 0.2) is 115 Å². The van der Waals surface area contributed by atoms with Gasteiger partial charge in [0.15, 0.2) is 11.6 Å². The lowest BCUT2D eigenvalue weighted by Gasteiger charge is -2.57. The lowest BCUT2D eigenvalue weighted by atomic mass is 9.48. The summed E-state index contributed by atoms with van der Waals surface area (Å²) in [4.78, 5) is 20.2. The zero-order valence-corrected chi connectivity index (χ0v) is 27.1. The van der Waals surface area contributed by atoms with Crippen LogP contribution < -0.4 is 0 Å². The Kier molecular flexibility index (Phi) is 6.33. The summed E-state index contributed by atoms with van der Waals surface area (Å²) in [5.41, 5.74) is 8.32. The van der Waals surface area contributed by atoms with Gasteiger partial charge >= 0.3 is 0 Å². The number of aromatic nitrogens is 5. The van der Waals surface area contributed by atoms with Gasteiger partial charge in [-0.15, -0.1) is 0 Å². The molecule has 0 spiro atoms. The van der Waals surface area contributed by atoms with Crippen LogP contribution in [0, 0.1) is 29.1 Å². The highest BCUT2D eigenvalue weighted by molar-refractivity contribution is 6.07. The van der Waals surface area contributed by atoms with Gasteiger partial charge < -0.3 is 0 Å². The highest BCUT2D eigenvalue weighted by Gasteiger charge is 2.51. The molecular weight excluding hydrogens is 601 g/mol. The largest absolute Gasteiger partial charge is 0.262 e. The molecule has 3 heterocycles. The summed E-state index contributed by atoms with van der Waals surface area (Å²) in [5.74, 6) is 4.52. The Morgan fingerprint density at radius 1 is 0.592 bits per heavy atom. The number of fused-ring (bicyclic) bond motifs is 3. The van der Waals surface area contributed by atoms with E-state index in [1.807, 2.05) is 42.6 Å². The van der Waals surface area contributed by atoms with Crippen molar-refractivity contribution in [3.05, 3.63) is 127 Å². The second-order valence-corrected chi connectivity index (χ2v) is 14.6. The molecule has 4 fully saturated rings. The van der Waals surface area contributed by atoms with Gasteiger partial charge in [0.05, 0.1) is 17.1 Å². The van der Waals surface area contributed by atoms with Gasteiger partial charge in [-0.05, 0) is 109 Å². The monoisotopic (exact) mass is 634 g/mol. The minimum absolute atomic E-state index is 0.341. The van der Waals surface area contributed by atoms with Crippen LogP contribution in [-0.2, 0) is 5.41 Å². The predicted molar refractivity (Wildman–Crippen MR) is 193 cm³/mol. The zero-order valence-electron chi connectivity index (χ0n) is 27.1. The molecule has 3 aromatic heterocycles. The van der Waals surface area contributed by atoms with Gasteiger partial charge in [0, 0.05) is 28.1 Å². The third-order valence-corrected chi connectivity index (χ3v) is 11.5. The number of nitrogens with zero attached hydrogens (tertiary/aromatic N) is 6. The third-order valence-electron chi connectivity index (χ3n) is 11.5. The van der Waals surface area contributed by atoms with Crippen LogP contribution in [-0.4, -0.2) is 24.5 Å². The number of hydrogen-bond donors (Lipinski definition) is 0. The molecule has 4 bridgehead atoms. The van der Waals surface area contributed by atoms with Crippen LogP contribution in [0.25, 0.3) is 61.8 Å². The smallest absolute Gasteiger partial charge is 0.240 e. The summed E-state index contributed by atoms with van der Waals surface area (Å²) in [6.07, 6.45) is 10.2. The molecule has 0 aliphatic heterocycles. The third kappa shape index (κ3) is 4.68. The molecule has 11 rings (SSSR count). The maximum absolute atomic E-state index is 9.22. The predicted octanol–water partition coefficient (Wildman–Crippen LogP) is 9.70. The minimum atomic E-state index is 0.341. The number of nitriles is 1. The van der Waals surface area contributed by atoms with Crippen LogP contribution in [0.5, 0.6) is 0 Å². The first-order valence-electron chi connectivity index (χ1n) is 17.4. The zero-order chi connectivity index (χ0) is 32.5. The molecule has 4 aliphatic rings. The van der Waals surface area contributed by atoms with Crippen molar-refractivity contribution in [3.63, 3.8) is 0 Å². The van der Waals surface area contributed by atoms with E-state index in [0.717, 1.165) is 61.9 Å². The Hall–Kier alpha value is -5.67. The number of hydrogen-bond acceptors (Lipinski definition) is 5. The summed E-state index contributed by atoms with van der Waals surface area (Å²) in [7, 11) is 0. The van der Waals surface area contributed by atoms with Crippen molar-refractivity contribution >= 4 is 21.9 Å². The molecule has 4 aromatic carbocycles. The van der Waals surface area contributed by atoms with Gasteiger partial charge in [0.2, 0.25) is 5.95 Å². The average Bonchev–Trinajstić information content (AvgIpc) is 3.49. The molecule has 0 amide bonds. The van der Waals surface area contributed by atoms with Crippen molar-refractivity contribution in [1.82, 2.24) is 24.5 Å². The molecule has 6 heteroatoms. The van der Waals surface area contributed by atoms with Crippen molar-refractivity contribution in [1.29, 1.82) is 5.26 Å². The molecule has 49 heavy (non-hydrogen) atoms. The molecule has 4 saturated carbocycles. The maximum Gasteiger partial charge on any atom is 0.240 e. The lowest BCUT2D eigenvalue weighted by molar-refractivity contribution is -0.00518. The van der Waals surface area contributed by atoms with Gasteiger partial charge in [-0.25, -0.2) is 9.97 Å². The molecule has 0 unspecified atom stereocenters. The molecule has 6 nitrogen and oxygen atoms in total. The Bertz CT molecular complexity index is 2330. The van der Waals surface area contributed by atoms with E-state index in [0.29, 0.717) is 28.6 Å². The fraction of sp³-hybridized carbons (Fsp3) is 0.233. The van der Waals surface area contributed by atoms with E-state index in [4.69, 9.17) is 19.9 Å². The van der Waals surface area contributed by atoms with E-state index >= 15 is 0 Å². The second-order valence-electron chi connectivity index (χ2n) is 14.6. The van der Waals surface area contributed by atoms with Gasteiger partial charge in [-0.1, -0.05) is 78.9 Å². The number of rotatable bonds is 5. The first-order valence-corrected chi connectivity index (χ1v) is 17.4. The maximum atomic E-state index is 9.22. The van der Waals surface area contributed by atoms with Crippen molar-refractivity contribution < 1.29 is 0 Å². The Morgan fingerprint density at radius 2 is 1.14 bits per heavy atom. The average molecular weight is 635 g/mol. The quantitative estimate of drug-likeness (QED) is 0.188. The summed E-state index contributed by atoms with van der Waals surface area (Å²) in [5, 5.41) is 11.4. The summed E-state index contributed by atoms with van der Waals surface area (Å²) < 4.78 is 2.06. The van der Waals surface area contributed by atoms with Crippen LogP contribution in [0.2, 0.25) is 0 Å². The van der Waals surface area contributed by atoms with Gasteiger partial charge in [-0.3, -0.25) is 4.57 Å². The summed E-state index contributed by atoms with van der Waals surface area (Å²) >= 11 is 0. The van der Waals surface area contributed by atoms with Crippen molar-refractivity contribution in [3.8, 4) is 45.9 Å². The Balaban J connectivity index is 1.09. The molecule has 0 saturated heterocycles. The van der Waals surface area contributed by atoms with Crippen molar-refractivity contribution in [2.24, 2.45) is 17.8 Å². The van der Waals surface area contributed by atoms with Crippen LogP contribution in [0.1, 0.15) is 49.7 Å². The van der Waals surface area contributed by atoms with E-state index in [1.165, 1.54) is 44.1 Å². The van der Waals surface area contributed by atoms with E-state index in [9.17, 15) is 5.26 Å². The molecular formula is C43H34N6. The fourth-order valence-corrected chi connectivity index (χ4v) is 9.71. The molecule has 0 atom stereocenters. The lowest BCUT2D eigenvalue weighted by Crippen LogP contribution is -2.48. The van der Waals surface area contributed by atoms with Crippen LogP contribution >= 0.6 is 0 Å². The van der Waals surface area contributed by atoms with Crippen molar-refractivity contribution in [2.45, 2.75) is 43.9 Å². The standard InChI is InChI=1S/C43H34N6/c44-26-27-7-9-31(10-8-27)32-11-13-33(14-12-32)39-46-40(34-15-17-35(18-16-34)43-23-28-20-29(24-43)22-30(21-28)25-43)48-42(47-39)49-38-6-2-1-4-36(38)37-5-3-19-45-41(37)49/h1-19,28-30H,20-25H2/t28-,29+,30?,43-. The molecule has 236 valence electrons. The van der Waals surface area contributed by atoms with E-state index < -0.39 is 0 Å². The minimum Gasteiger partial charge on any atom is -0.262 e. The van der Waals surface area contributed by atoms with Crippen LogP contribution in [0.4, 0.5) is 0 Å². The van der Waals surface area contributed by atoms with E-state index in [1.54, 1.807) is 0 Å². The SMILES string of the molecule is N#Cc1ccc(-c2ccc(-c3nc(-c4ccc([C@]56CC7C[C@H](C[C@H](C7)C5)C6)cc4)nc(-n4c5ccccc5c5cccnc54)n3)cc2)cc1. The van der Waals surface area contributed by atoms with Gasteiger partial charge in [-0.2, -0.15) is 15.2 Å². The molecule has 7 aromatic rings. The first-order chi connectivity index (χ1) is 24.1. The van der Waals surface area contributed by atoms with E-state index in [2.05, 4.69) is 83.4 Å². The molecule has 0 N–H and O–H groups in total. The molecule has 0 radical (unpaired) electrons. The van der Waals surface area contributed by atoms with Crippen LogP contribution in [0.3, 0.4) is 0 Å². The number of para-hydroxylation sites is 1. The Labute approximate surface area is 285 Å². The summed E-state index contributed by atoms with van der Waals surface area (Å²) in [6, 6.07) is 39.8. The highest BCUT2D eigenvalue weighted by atomic mass is 15.2. The highest BCUT2D eigenvalue weighted by Crippen LogP contribution is 2.60. The normalized spacial score (nSPS) is 22.5. The summed E-state index contributed by atoms with van der Waals surface area (Å²) in [6.45, 7) is 0. The first kappa shape index (κ1) is 28.4. The van der Waals surface area contributed by atoms with Crippen molar-refractivity contribution in [2.75, 3.05) is 0 Å². The topological polar surface area (TPSA) is 80.3 Å². The second kappa shape index (κ2) is 10.9. The number of benzene rings is 4.